The third-order valence-electron chi connectivity index (χ3n) is 13.4. The van der Waals surface area contributed by atoms with Gasteiger partial charge in [-0.2, -0.15) is 10.2 Å². The highest BCUT2D eigenvalue weighted by Crippen LogP contribution is 2.44. The average molecular weight is 869 g/mol. The summed E-state index contributed by atoms with van der Waals surface area (Å²) in [5, 5.41) is 18.2. The number of fused-ring (bicyclic) bond motifs is 2. The van der Waals surface area contributed by atoms with Crippen molar-refractivity contribution >= 4 is 46.7 Å². The van der Waals surface area contributed by atoms with Gasteiger partial charge < -0.3 is 29.8 Å². The number of rotatable bonds is 11. The van der Waals surface area contributed by atoms with E-state index in [-0.39, 0.29) is 22.6 Å². The van der Waals surface area contributed by atoms with Crippen LogP contribution in [0.2, 0.25) is 0 Å². The predicted octanol–water partition coefficient (Wildman–Crippen LogP) is 7.54. The first-order valence-corrected chi connectivity index (χ1v) is 22.5. The zero-order chi connectivity index (χ0) is 45.6. The molecule has 1 saturated heterocycles. The second-order valence-corrected chi connectivity index (χ2v) is 18.7. The molecule has 3 aliphatic carbocycles. The summed E-state index contributed by atoms with van der Waals surface area (Å²) in [6, 6.07) is 35.3. The van der Waals surface area contributed by atoms with Crippen molar-refractivity contribution in [1.82, 2.24) is 30.6 Å². The summed E-state index contributed by atoms with van der Waals surface area (Å²) in [6.45, 7) is 1.65. The fraction of sp³-hybridized carbons (Fsp3) is 0.321. The van der Waals surface area contributed by atoms with Gasteiger partial charge >= 0.3 is 0 Å². The molecule has 0 spiro atoms. The Kier molecular flexibility index (Phi) is 11.4. The monoisotopic (exact) mass is 868 g/mol. The molecular weight excluding hydrogens is 809 g/mol. The van der Waals surface area contributed by atoms with Gasteiger partial charge in [-0.15, -0.1) is 0 Å². The predicted molar refractivity (Wildman–Crippen MR) is 264 cm³/mol. The molecule has 12 nitrogen and oxygen atoms in total. The molecule has 0 bridgehead atoms. The number of anilines is 4. The third-order valence-corrected chi connectivity index (χ3v) is 13.4. The molecule has 0 radical (unpaired) electrons. The Morgan fingerprint density at radius 3 is 1.20 bits per heavy atom. The summed E-state index contributed by atoms with van der Waals surface area (Å²) >= 11 is 0. The standard InChI is InChI=1S/C27H31N5O.C26H29N5O/c1-31(2)21-11-5-18(6-12-21)27(19-7-13-22(14-8-19)32(3)4)16-15-23-24(17-27)29-30-25(23)26(33)28-20-9-10-20;1-29(2)20-9-5-18(6-10-20)26(19-7-11-21(12-8-19)30(3)4)14-13-22-23(17-26)27-28-24(22)25(32)31-15-16-31/h5-8,11-16,20H,9-10,17H2,1-4H3,(H,28,33)(H,29,30);5-14H,15-17H2,1-4H3,(H,27,28). The number of H-pyrrole nitrogens is 2. The molecule has 12 heteroatoms. The highest BCUT2D eigenvalue weighted by molar-refractivity contribution is 5.98. The maximum atomic E-state index is 12.7. The number of aromatic amines is 2. The van der Waals surface area contributed by atoms with Crippen LogP contribution in [0.1, 0.15) is 78.6 Å². The van der Waals surface area contributed by atoms with Crippen LogP contribution in [-0.2, 0) is 23.7 Å². The van der Waals surface area contributed by atoms with E-state index in [9.17, 15) is 9.59 Å². The third kappa shape index (κ3) is 8.41. The van der Waals surface area contributed by atoms with E-state index in [0.29, 0.717) is 23.9 Å². The molecule has 334 valence electrons. The van der Waals surface area contributed by atoms with Crippen molar-refractivity contribution in [3.05, 3.63) is 165 Å². The minimum atomic E-state index is -0.348. The van der Waals surface area contributed by atoms with Crippen molar-refractivity contribution in [3.8, 4) is 0 Å². The molecule has 3 heterocycles. The summed E-state index contributed by atoms with van der Waals surface area (Å²) in [4.78, 5) is 35.6. The van der Waals surface area contributed by atoms with Crippen LogP contribution in [0, 0.1) is 0 Å². The largest absolute Gasteiger partial charge is 0.378 e. The topological polar surface area (TPSA) is 120 Å². The Balaban J connectivity index is 0.000000164. The molecule has 10 rings (SSSR count). The van der Waals surface area contributed by atoms with E-state index >= 15 is 0 Å². The van der Waals surface area contributed by atoms with Gasteiger partial charge in [-0.3, -0.25) is 19.8 Å². The van der Waals surface area contributed by atoms with E-state index in [0.717, 1.165) is 66.2 Å². The number of allylic oxidation sites excluding steroid dienone is 2. The maximum absolute atomic E-state index is 12.7. The second-order valence-electron chi connectivity index (χ2n) is 18.7. The maximum Gasteiger partial charge on any atom is 0.275 e. The van der Waals surface area contributed by atoms with Gasteiger partial charge in [0.1, 0.15) is 0 Å². The van der Waals surface area contributed by atoms with Gasteiger partial charge in [0.2, 0.25) is 0 Å². The van der Waals surface area contributed by atoms with Gasteiger partial charge in [-0.05, 0) is 83.6 Å². The SMILES string of the molecule is CN(C)c1ccc(C2(c3ccc(N(C)C)cc3)C=Cc3c(C(=O)N4CC4)n[nH]c3C2)cc1.CN(C)c1ccc(C2(c3ccc(N(C)C)cc3)C=Cc3c(C(=O)NC4CC4)n[nH]c3C2)cc1. The normalized spacial score (nSPS) is 16.1. The Bertz CT molecular complexity index is 2630. The van der Waals surface area contributed by atoms with Crippen molar-refractivity contribution in [2.24, 2.45) is 0 Å². The van der Waals surface area contributed by atoms with E-state index in [2.05, 4.69) is 223 Å². The molecule has 3 N–H and O–H groups in total. The Labute approximate surface area is 382 Å². The number of nitrogens with one attached hydrogen (secondary N) is 3. The van der Waals surface area contributed by atoms with Crippen LogP contribution in [0.15, 0.2) is 109 Å². The lowest BCUT2D eigenvalue weighted by Crippen LogP contribution is -2.31. The van der Waals surface area contributed by atoms with Crippen LogP contribution in [0.5, 0.6) is 0 Å². The lowest BCUT2D eigenvalue weighted by molar-refractivity contribution is 0.0879. The molecule has 0 atom stereocenters. The van der Waals surface area contributed by atoms with Crippen LogP contribution in [0.25, 0.3) is 12.2 Å². The van der Waals surface area contributed by atoms with Crippen LogP contribution >= 0.6 is 0 Å². The van der Waals surface area contributed by atoms with Crippen molar-refractivity contribution in [3.63, 3.8) is 0 Å². The molecule has 0 unspecified atom stereocenters. The minimum absolute atomic E-state index is 0.0188. The van der Waals surface area contributed by atoms with Gasteiger partial charge in [-0.1, -0.05) is 72.8 Å². The number of aromatic nitrogens is 4. The fourth-order valence-corrected chi connectivity index (χ4v) is 9.10. The molecule has 65 heavy (non-hydrogen) atoms. The van der Waals surface area contributed by atoms with Gasteiger partial charge in [-0.25, -0.2) is 0 Å². The molecule has 4 aliphatic rings. The van der Waals surface area contributed by atoms with Gasteiger partial charge in [0.05, 0.1) is 0 Å². The summed E-state index contributed by atoms with van der Waals surface area (Å²) in [5.74, 6) is -0.0665. The van der Waals surface area contributed by atoms with E-state index in [1.54, 1.807) is 0 Å². The van der Waals surface area contributed by atoms with Crippen LogP contribution in [-0.4, -0.2) is 113 Å². The average Bonchev–Trinajstić information content (AvgIpc) is 4.26. The summed E-state index contributed by atoms with van der Waals surface area (Å²) in [5.41, 5.74) is 13.7. The lowest BCUT2D eigenvalue weighted by atomic mass is 9.68. The van der Waals surface area contributed by atoms with Crippen molar-refractivity contribution in [2.45, 2.75) is 42.6 Å². The van der Waals surface area contributed by atoms with Gasteiger partial charge in [0, 0.05) is 144 Å². The number of hydrogen-bond acceptors (Lipinski definition) is 8. The molecule has 1 saturated carbocycles. The first-order chi connectivity index (χ1) is 31.3. The minimum Gasteiger partial charge on any atom is -0.378 e. The number of carbonyl (C=O) groups is 2. The van der Waals surface area contributed by atoms with Crippen molar-refractivity contribution < 1.29 is 9.59 Å². The highest BCUT2D eigenvalue weighted by Gasteiger charge is 2.40. The van der Waals surface area contributed by atoms with E-state index in [1.807, 2.05) is 4.90 Å². The summed E-state index contributed by atoms with van der Waals surface area (Å²) < 4.78 is 0. The first kappa shape index (κ1) is 43.2. The van der Waals surface area contributed by atoms with Crippen molar-refractivity contribution in [1.29, 1.82) is 0 Å². The van der Waals surface area contributed by atoms with E-state index in [4.69, 9.17) is 0 Å². The number of benzene rings is 4. The Morgan fingerprint density at radius 1 is 0.538 bits per heavy atom. The number of carbonyl (C=O) groups excluding carboxylic acids is 2. The second kappa shape index (κ2) is 17.1. The summed E-state index contributed by atoms with van der Waals surface area (Å²) in [7, 11) is 16.4. The number of hydrogen-bond donors (Lipinski definition) is 3. The van der Waals surface area contributed by atoms with Crippen LogP contribution in [0.3, 0.4) is 0 Å². The summed E-state index contributed by atoms with van der Waals surface area (Å²) in [6.07, 6.45) is 12.2. The molecule has 6 aromatic rings. The zero-order valence-electron chi connectivity index (χ0n) is 38.8. The van der Waals surface area contributed by atoms with Gasteiger partial charge in [0.15, 0.2) is 11.4 Å². The zero-order valence-corrected chi connectivity index (χ0v) is 38.8. The van der Waals surface area contributed by atoms with Gasteiger partial charge in [0.25, 0.3) is 11.8 Å². The molecule has 2 amide bonds. The Morgan fingerprint density at radius 2 is 0.877 bits per heavy atom. The van der Waals surface area contributed by atoms with Crippen molar-refractivity contribution in [2.75, 3.05) is 89.1 Å². The molecular formula is C53H60N10O2. The first-order valence-electron chi connectivity index (χ1n) is 22.5. The fourth-order valence-electron chi connectivity index (χ4n) is 9.10. The van der Waals surface area contributed by atoms with E-state index < -0.39 is 0 Å². The highest BCUT2D eigenvalue weighted by atomic mass is 16.2. The number of amides is 2. The van der Waals surface area contributed by atoms with Crippen LogP contribution < -0.4 is 24.9 Å². The smallest absolute Gasteiger partial charge is 0.275 e. The van der Waals surface area contributed by atoms with Crippen LogP contribution in [0.4, 0.5) is 22.7 Å². The molecule has 2 aromatic heterocycles. The van der Waals surface area contributed by atoms with E-state index in [1.165, 1.54) is 33.6 Å². The lowest BCUT2D eigenvalue weighted by Gasteiger charge is -2.35. The molecule has 4 aromatic carbocycles. The molecule has 2 fully saturated rings. The molecule has 1 aliphatic heterocycles. The number of nitrogens with zero attached hydrogens (tertiary/aromatic N) is 7. The Hall–Kier alpha value is -7.08. The quantitative estimate of drug-likeness (QED) is 0.114.